The maximum Gasteiger partial charge on any atom is 0.0218 e. The fraction of sp³-hybridized carbons (Fsp3) is 0.185. The molecule has 1 heteroatoms. The van der Waals surface area contributed by atoms with Gasteiger partial charge in [0.15, 0.2) is 0 Å². The summed E-state index contributed by atoms with van der Waals surface area (Å²) < 4.78 is 0. The molecule has 8 aromatic rings. The van der Waals surface area contributed by atoms with Crippen LogP contribution in [0.4, 0.5) is 0 Å². The standard InChI is InChI=1S/C54H48Si/c1-3-13-39-31-51-45(43-21-9-19-41-27-35-15-5-7-17-37(35)29-49(41)43)23-11-25-47(51)53(39)33-55-34-54-40(14-4-2)32-52-46(24-12-26-48(52)54)44-22-10-20-42-28-36-16-6-8-18-38(36)30-50(42)44/h5-12,15-32,53-54H,3-4,13-14,33-34,55H2,1-2H3. The zero-order valence-corrected chi connectivity index (χ0v) is 33.5. The lowest BCUT2D eigenvalue weighted by Crippen LogP contribution is -2.08. The first kappa shape index (κ1) is 34.0. The molecule has 268 valence electrons. The van der Waals surface area contributed by atoms with E-state index in [0.717, 1.165) is 0 Å². The van der Waals surface area contributed by atoms with Crippen LogP contribution >= 0.6 is 0 Å². The Morgan fingerprint density at radius 1 is 0.400 bits per heavy atom. The molecule has 0 aliphatic heterocycles. The van der Waals surface area contributed by atoms with E-state index in [4.69, 9.17) is 0 Å². The van der Waals surface area contributed by atoms with Gasteiger partial charge in [-0.3, -0.25) is 0 Å². The van der Waals surface area contributed by atoms with Gasteiger partial charge in [-0.1, -0.05) is 183 Å². The maximum atomic E-state index is 2.60. The lowest BCUT2D eigenvalue weighted by molar-refractivity contribution is 0.781. The van der Waals surface area contributed by atoms with E-state index in [2.05, 4.69) is 172 Å². The molecule has 2 unspecified atom stereocenters. The van der Waals surface area contributed by atoms with E-state index in [9.17, 15) is 0 Å². The number of allylic oxidation sites excluding steroid dienone is 2. The Kier molecular flexibility index (Phi) is 8.84. The molecule has 2 atom stereocenters. The number of fused-ring (bicyclic) bond motifs is 6. The summed E-state index contributed by atoms with van der Waals surface area (Å²) in [5.41, 5.74) is 14.9. The van der Waals surface area contributed by atoms with Crippen LogP contribution in [0.15, 0.2) is 157 Å². The molecule has 0 saturated heterocycles. The number of hydrogen-bond acceptors (Lipinski definition) is 0. The van der Waals surface area contributed by atoms with Crippen LogP contribution in [-0.4, -0.2) is 9.52 Å². The molecule has 0 nitrogen and oxygen atoms in total. The third kappa shape index (κ3) is 5.97. The average Bonchev–Trinajstić information content (AvgIpc) is 3.76. The Bertz CT molecular complexity index is 2640. The van der Waals surface area contributed by atoms with Crippen LogP contribution in [0.25, 0.3) is 77.5 Å². The highest BCUT2D eigenvalue weighted by atomic mass is 28.2. The summed E-state index contributed by atoms with van der Waals surface area (Å²) in [5.74, 6) is 1.10. The van der Waals surface area contributed by atoms with Gasteiger partial charge in [0.1, 0.15) is 0 Å². The molecule has 0 N–H and O–H groups in total. The van der Waals surface area contributed by atoms with Crippen molar-refractivity contribution < 1.29 is 0 Å². The average molecular weight is 725 g/mol. The van der Waals surface area contributed by atoms with Gasteiger partial charge in [-0.15, -0.1) is 0 Å². The van der Waals surface area contributed by atoms with Crippen molar-refractivity contribution in [1.29, 1.82) is 0 Å². The van der Waals surface area contributed by atoms with E-state index in [-0.39, 0.29) is 9.52 Å². The van der Waals surface area contributed by atoms with Gasteiger partial charge in [0.25, 0.3) is 0 Å². The minimum Gasteiger partial charge on any atom is -0.0651 e. The van der Waals surface area contributed by atoms with Crippen molar-refractivity contribution in [3.8, 4) is 22.3 Å². The maximum absolute atomic E-state index is 2.60. The molecule has 2 aliphatic rings. The second-order valence-electron chi connectivity index (χ2n) is 16.0. The van der Waals surface area contributed by atoms with Crippen molar-refractivity contribution in [1.82, 2.24) is 0 Å². The molecule has 0 amide bonds. The highest BCUT2D eigenvalue weighted by Gasteiger charge is 2.30. The Balaban J connectivity index is 0.965. The van der Waals surface area contributed by atoms with Crippen molar-refractivity contribution in [2.24, 2.45) is 0 Å². The number of hydrogen-bond donors (Lipinski definition) is 0. The molecule has 8 aromatic carbocycles. The van der Waals surface area contributed by atoms with E-state index >= 15 is 0 Å². The molecule has 0 spiro atoms. The van der Waals surface area contributed by atoms with Crippen LogP contribution in [-0.2, 0) is 0 Å². The van der Waals surface area contributed by atoms with E-state index < -0.39 is 0 Å². The molecule has 55 heavy (non-hydrogen) atoms. The highest BCUT2D eigenvalue weighted by molar-refractivity contribution is 6.36. The lowest BCUT2D eigenvalue weighted by atomic mass is 9.90. The second-order valence-corrected chi connectivity index (χ2v) is 17.9. The zero-order chi connectivity index (χ0) is 36.9. The monoisotopic (exact) mass is 724 g/mol. The van der Waals surface area contributed by atoms with Gasteiger partial charge in [0, 0.05) is 21.4 Å². The molecule has 0 aromatic heterocycles. The molecule has 0 radical (unpaired) electrons. The van der Waals surface area contributed by atoms with E-state index in [0.29, 0.717) is 11.8 Å². The van der Waals surface area contributed by atoms with Crippen molar-refractivity contribution in [3.63, 3.8) is 0 Å². The predicted octanol–water partition coefficient (Wildman–Crippen LogP) is 14.9. The first-order valence-corrected chi connectivity index (χ1v) is 22.7. The fourth-order valence-corrected chi connectivity index (χ4v) is 12.6. The van der Waals surface area contributed by atoms with Crippen LogP contribution in [0.2, 0.25) is 12.1 Å². The summed E-state index contributed by atoms with van der Waals surface area (Å²) >= 11 is 0. The van der Waals surface area contributed by atoms with Crippen LogP contribution in [0.1, 0.15) is 73.6 Å². The van der Waals surface area contributed by atoms with Crippen LogP contribution < -0.4 is 0 Å². The smallest absolute Gasteiger partial charge is 0.0218 e. The van der Waals surface area contributed by atoms with Crippen molar-refractivity contribution in [2.75, 3.05) is 0 Å². The van der Waals surface area contributed by atoms with E-state index in [1.807, 2.05) is 0 Å². The molecule has 0 bridgehead atoms. The van der Waals surface area contributed by atoms with Crippen molar-refractivity contribution >= 4 is 64.8 Å². The topological polar surface area (TPSA) is 0 Å². The van der Waals surface area contributed by atoms with Gasteiger partial charge in [-0.25, -0.2) is 0 Å². The molecule has 0 heterocycles. The minimum atomic E-state index is -0.370. The Morgan fingerprint density at radius 2 is 0.782 bits per heavy atom. The molecular weight excluding hydrogens is 677 g/mol. The largest absolute Gasteiger partial charge is 0.0651 e. The summed E-state index contributed by atoms with van der Waals surface area (Å²) in [6, 6.07) is 57.8. The molecular formula is C54H48Si. The second kappa shape index (κ2) is 14.3. The summed E-state index contributed by atoms with van der Waals surface area (Å²) in [7, 11) is -0.370. The van der Waals surface area contributed by atoms with Gasteiger partial charge in [-0.2, -0.15) is 0 Å². The van der Waals surface area contributed by atoms with E-state index in [1.54, 1.807) is 22.3 Å². The molecule has 10 rings (SSSR count). The van der Waals surface area contributed by atoms with E-state index in [1.165, 1.54) is 114 Å². The van der Waals surface area contributed by atoms with Gasteiger partial charge in [-0.05, 0) is 125 Å². The summed E-state index contributed by atoms with van der Waals surface area (Å²) in [6.45, 7) is 4.70. The summed E-state index contributed by atoms with van der Waals surface area (Å²) in [5, 5.41) is 10.6. The fourth-order valence-electron chi connectivity index (χ4n) is 10.2. The lowest BCUT2D eigenvalue weighted by Gasteiger charge is -2.21. The van der Waals surface area contributed by atoms with Gasteiger partial charge < -0.3 is 0 Å². The third-order valence-electron chi connectivity index (χ3n) is 12.7. The highest BCUT2D eigenvalue weighted by Crippen LogP contribution is 2.49. The summed E-state index contributed by atoms with van der Waals surface area (Å²) in [6.07, 6.45) is 9.95. The van der Waals surface area contributed by atoms with Gasteiger partial charge in [0.2, 0.25) is 0 Å². The van der Waals surface area contributed by atoms with Crippen LogP contribution in [0, 0.1) is 0 Å². The normalized spacial score (nSPS) is 16.4. The van der Waals surface area contributed by atoms with Crippen LogP contribution in [0.3, 0.4) is 0 Å². The molecule has 0 fully saturated rings. The minimum absolute atomic E-state index is 0.370. The number of benzene rings is 8. The first-order valence-electron chi connectivity index (χ1n) is 20.7. The Morgan fingerprint density at radius 3 is 1.22 bits per heavy atom. The predicted molar refractivity (Wildman–Crippen MR) is 243 cm³/mol. The van der Waals surface area contributed by atoms with Crippen molar-refractivity contribution in [3.05, 3.63) is 179 Å². The quantitative estimate of drug-likeness (QED) is 0.0973. The summed E-state index contributed by atoms with van der Waals surface area (Å²) in [4.78, 5) is 0. The van der Waals surface area contributed by atoms with Crippen molar-refractivity contribution in [2.45, 2.75) is 63.5 Å². The van der Waals surface area contributed by atoms with Gasteiger partial charge in [0.05, 0.1) is 0 Å². The Labute approximate surface area is 328 Å². The van der Waals surface area contributed by atoms with Crippen LogP contribution in [0.5, 0.6) is 0 Å². The Hall–Kier alpha value is -5.50. The van der Waals surface area contributed by atoms with Gasteiger partial charge >= 0.3 is 0 Å². The third-order valence-corrected chi connectivity index (χ3v) is 14.7. The molecule has 0 saturated carbocycles. The zero-order valence-electron chi connectivity index (χ0n) is 32.1. The molecule has 2 aliphatic carbocycles. The first-order chi connectivity index (χ1) is 27.2. The number of rotatable bonds is 10. The SMILES string of the molecule is CCCC1=Cc2c(-c3cccc4cc5ccccc5cc34)cccc2C1C[SiH2]CC1C(CCC)=Cc2c(-c3cccc4cc5ccccc5cc34)cccc21.